The van der Waals surface area contributed by atoms with Crippen molar-refractivity contribution < 1.29 is 21.6 Å². The SMILES string of the molecule is CCN(CC)c1cc(Nc2ccc(NS(=O)(=O)Cc3ccc(C(F)(F)F)cc3)cc2)nc(C)n1. The summed E-state index contributed by atoms with van der Waals surface area (Å²) in [6, 6.07) is 12.5. The lowest BCUT2D eigenvalue weighted by atomic mass is 10.1. The van der Waals surface area contributed by atoms with E-state index in [2.05, 4.69) is 24.9 Å². The number of aromatic nitrogens is 2. The second-order valence-electron chi connectivity index (χ2n) is 7.59. The molecule has 182 valence electrons. The lowest BCUT2D eigenvalue weighted by Gasteiger charge is -2.20. The molecule has 0 atom stereocenters. The molecule has 7 nitrogen and oxygen atoms in total. The van der Waals surface area contributed by atoms with Gasteiger partial charge in [-0.1, -0.05) is 12.1 Å². The first-order valence-corrected chi connectivity index (χ1v) is 12.3. The van der Waals surface area contributed by atoms with Crippen molar-refractivity contribution in [3.05, 3.63) is 71.5 Å². The lowest BCUT2D eigenvalue weighted by Crippen LogP contribution is -2.23. The van der Waals surface area contributed by atoms with Gasteiger partial charge in [-0.25, -0.2) is 18.4 Å². The van der Waals surface area contributed by atoms with E-state index in [4.69, 9.17) is 0 Å². The predicted octanol–water partition coefficient (Wildman–Crippen LogP) is 5.34. The van der Waals surface area contributed by atoms with Crippen molar-refractivity contribution in [3.63, 3.8) is 0 Å². The molecule has 3 aromatic rings. The lowest BCUT2D eigenvalue weighted by molar-refractivity contribution is -0.137. The highest BCUT2D eigenvalue weighted by Gasteiger charge is 2.30. The molecule has 2 aromatic carbocycles. The van der Waals surface area contributed by atoms with Crippen molar-refractivity contribution in [1.29, 1.82) is 0 Å². The first-order chi connectivity index (χ1) is 16.0. The normalized spacial score (nSPS) is 11.8. The van der Waals surface area contributed by atoms with Gasteiger partial charge in [-0.15, -0.1) is 0 Å². The fourth-order valence-corrected chi connectivity index (χ4v) is 4.52. The molecule has 3 rings (SSSR count). The summed E-state index contributed by atoms with van der Waals surface area (Å²) >= 11 is 0. The largest absolute Gasteiger partial charge is 0.416 e. The Hall–Kier alpha value is -3.34. The first kappa shape index (κ1) is 25.3. The minimum atomic E-state index is -4.47. The Morgan fingerprint density at radius 1 is 0.912 bits per heavy atom. The molecule has 0 aliphatic carbocycles. The van der Waals surface area contributed by atoms with Crippen LogP contribution in [-0.4, -0.2) is 31.5 Å². The summed E-state index contributed by atoms with van der Waals surface area (Å²) in [4.78, 5) is 11.0. The van der Waals surface area contributed by atoms with Crippen molar-refractivity contribution in [2.45, 2.75) is 32.7 Å². The maximum Gasteiger partial charge on any atom is 0.416 e. The average Bonchev–Trinajstić information content (AvgIpc) is 2.75. The van der Waals surface area contributed by atoms with Gasteiger partial charge in [0.05, 0.1) is 11.3 Å². The van der Waals surface area contributed by atoms with Gasteiger partial charge in [-0.2, -0.15) is 13.2 Å². The first-order valence-electron chi connectivity index (χ1n) is 10.6. The van der Waals surface area contributed by atoms with Crippen molar-refractivity contribution in [1.82, 2.24) is 9.97 Å². The zero-order valence-electron chi connectivity index (χ0n) is 19.0. The zero-order valence-corrected chi connectivity index (χ0v) is 19.8. The maximum absolute atomic E-state index is 12.7. The molecular formula is C23H26F3N5O2S. The summed E-state index contributed by atoms with van der Waals surface area (Å²) in [5, 5.41) is 3.19. The number of rotatable bonds is 9. The van der Waals surface area contributed by atoms with Gasteiger partial charge in [0.1, 0.15) is 17.5 Å². The number of nitrogens with zero attached hydrogens (tertiary/aromatic N) is 3. The molecule has 0 fully saturated rings. The van der Waals surface area contributed by atoms with E-state index in [0.717, 1.165) is 43.2 Å². The Balaban J connectivity index is 1.66. The number of hydrogen-bond acceptors (Lipinski definition) is 6. The Bertz CT molecular complexity index is 1210. The fraction of sp³-hybridized carbons (Fsp3) is 0.304. The van der Waals surface area contributed by atoms with Crippen molar-refractivity contribution >= 4 is 33.0 Å². The molecule has 1 heterocycles. The number of benzene rings is 2. The van der Waals surface area contributed by atoms with Gasteiger partial charge in [0, 0.05) is 30.5 Å². The molecule has 2 N–H and O–H groups in total. The Labute approximate surface area is 197 Å². The summed E-state index contributed by atoms with van der Waals surface area (Å²) in [7, 11) is -3.81. The highest BCUT2D eigenvalue weighted by Crippen LogP contribution is 2.29. The Kier molecular flexibility index (Phi) is 7.65. The minimum Gasteiger partial charge on any atom is -0.357 e. The maximum atomic E-state index is 12.7. The molecule has 11 heteroatoms. The van der Waals surface area contributed by atoms with Crippen LogP contribution in [-0.2, 0) is 22.0 Å². The molecule has 0 saturated carbocycles. The number of halogens is 3. The molecule has 0 unspecified atom stereocenters. The van der Waals surface area contributed by atoms with Crippen molar-refractivity contribution in [2.75, 3.05) is 28.0 Å². The summed E-state index contributed by atoms with van der Waals surface area (Å²) in [5.74, 6) is 1.61. The van der Waals surface area contributed by atoms with E-state index in [-0.39, 0.29) is 5.56 Å². The highest BCUT2D eigenvalue weighted by atomic mass is 32.2. The third-order valence-corrected chi connectivity index (χ3v) is 6.24. The number of aryl methyl sites for hydroxylation is 1. The molecule has 0 amide bonds. The third kappa shape index (κ3) is 6.83. The van der Waals surface area contributed by atoms with Gasteiger partial charge in [0.15, 0.2) is 0 Å². The van der Waals surface area contributed by atoms with Gasteiger partial charge >= 0.3 is 6.18 Å². The van der Waals surface area contributed by atoms with E-state index in [9.17, 15) is 21.6 Å². The second kappa shape index (κ2) is 10.3. The van der Waals surface area contributed by atoms with Crippen molar-refractivity contribution in [2.24, 2.45) is 0 Å². The van der Waals surface area contributed by atoms with Gasteiger partial charge in [0.2, 0.25) is 10.0 Å². The molecule has 34 heavy (non-hydrogen) atoms. The number of alkyl halides is 3. The molecule has 0 aliphatic rings. The predicted molar refractivity (Wildman–Crippen MR) is 128 cm³/mol. The Morgan fingerprint density at radius 2 is 1.50 bits per heavy atom. The smallest absolute Gasteiger partial charge is 0.357 e. The van der Waals surface area contributed by atoms with E-state index in [1.54, 1.807) is 24.3 Å². The summed E-state index contributed by atoms with van der Waals surface area (Å²) in [5.41, 5.74) is 0.462. The van der Waals surface area contributed by atoms with E-state index < -0.39 is 27.5 Å². The quantitative estimate of drug-likeness (QED) is 0.419. The van der Waals surface area contributed by atoms with E-state index >= 15 is 0 Å². The molecule has 0 spiro atoms. The number of nitrogens with one attached hydrogen (secondary N) is 2. The van der Waals surface area contributed by atoms with Crippen LogP contribution in [0.1, 0.15) is 30.8 Å². The topological polar surface area (TPSA) is 87.2 Å². The van der Waals surface area contributed by atoms with Crippen LogP contribution >= 0.6 is 0 Å². The molecule has 0 bridgehead atoms. The summed E-state index contributed by atoms with van der Waals surface area (Å²) < 4.78 is 65.4. The van der Waals surface area contributed by atoms with Crippen molar-refractivity contribution in [3.8, 4) is 0 Å². The van der Waals surface area contributed by atoms with E-state index in [0.29, 0.717) is 23.0 Å². The van der Waals surface area contributed by atoms with Gasteiger partial charge in [-0.3, -0.25) is 4.72 Å². The molecule has 1 aromatic heterocycles. The van der Waals surface area contributed by atoms with Gasteiger partial charge in [-0.05, 0) is 62.7 Å². The zero-order chi connectivity index (χ0) is 24.9. The van der Waals surface area contributed by atoms with Crippen LogP contribution in [0.15, 0.2) is 54.6 Å². The molecule has 0 saturated heterocycles. The summed E-state index contributed by atoms with van der Waals surface area (Å²) in [6.45, 7) is 7.53. The minimum absolute atomic E-state index is 0.252. The average molecular weight is 494 g/mol. The Morgan fingerprint density at radius 3 is 2.06 bits per heavy atom. The van der Waals surface area contributed by atoms with Gasteiger partial charge < -0.3 is 10.2 Å². The fourth-order valence-electron chi connectivity index (χ4n) is 3.32. The van der Waals surface area contributed by atoms with E-state index in [1.165, 1.54) is 0 Å². The van der Waals surface area contributed by atoms with Crippen LogP contribution in [0.2, 0.25) is 0 Å². The van der Waals surface area contributed by atoms with Crippen LogP contribution < -0.4 is 14.9 Å². The monoisotopic (exact) mass is 493 g/mol. The number of anilines is 4. The van der Waals surface area contributed by atoms with Gasteiger partial charge in [0.25, 0.3) is 0 Å². The molecule has 0 radical (unpaired) electrons. The number of hydrogen-bond donors (Lipinski definition) is 2. The van der Waals surface area contributed by atoms with Crippen LogP contribution in [0.25, 0.3) is 0 Å². The third-order valence-electron chi connectivity index (χ3n) is 4.98. The standard InChI is InChI=1S/C23H26F3N5O2S/c1-4-31(5-2)22-14-21(27-16(3)28-22)29-19-10-12-20(13-11-19)30-34(32,33)15-17-6-8-18(9-7-17)23(24,25)26/h6-14,30H,4-5,15H2,1-3H3,(H,27,28,29). The van der Waals surface area contributed by atoms with Crippen LogP contribution in [0.4, 0.5) is 36.2 Å². The van der Waals surface area contributed by atoms with Crippen LogP contribution in [0.5, 0.6) is 0 Å². The van der Waals surface area contributed by atoms with Crippen LogP contribution in [0, 0.1) is 6.92 Å². The molecular weight excluding hydrogens is 467 g/mol. The van der Waals surface area contributed by atoms with Crippen LogP contribution in [0.3, 0.4) is 0 Å². The summed E-state index contributed by atoms with van der Waals surface area (Å²) in [6.07, 6.45) is -4.47. The van der Waals surface area contributed by atoms with E-state index in [1.807, 2.05) is 26.8 Å². The number of sulfonamides is 1. The highest BCUT2D eigenvalue weighted by molar-refractivity contribution is 7.91. The molecule has 0 aliphatic heterocycles. The second-order valence-corrected chi connectivity index (χ2v) is 9.31.